The van der Waals surface area contributed by atoms with Crippen molar-refractivity contribution in [2.45, 2.75) is 58.6 Å². The summed E-state index contributed by atoms with van der Waals surface area (Å²) in [6, 6.07) is 0.234. The lowest BCUT2D eigenvalue weighted by molar-refractivity contribution is 0.0223. The van der Waals surface area contributed by atoms with E-state index in [2.05, 4.69) is 30.5 Å². The fourth-order valence-corrected chi connectivity index (χ4v) is 3.07. The van der Waals surface area contributed by atoms with Crippen molar-refractivity contribution in [1.29, 1.82) is 0 Å². The van der Waals surface area contributed by atoms with Gasteiger partial charge in [-0.3, -0.25) is 0 Å². The van der Waals surface area contributed by atoms with Crippen molar-refractivity contribution in [3.8, 4) is 0 Å². The molecular formula is C18H30N2O2. The number of carbonyl (C=O) groups excluding carboxylic acids is 1. The first-order valence-electron chi connectivity index (χ1n) is 8.41. The smallest absolute Gasteiger partial charge is 0.410 e. The Morgan fingerprint density at radius 2 is 2.18 bits per heavy atom. The minimum atomic E-state index is -0.432. The summed E-state index contributed by atoms with van der Waals surface area (Å²) < 4.78 is 5.53. The summed E-state index contributed by atoms with van der Waals surface area (Å²) in [6.45, 7) is 10.4. The zero-order valence-electron chi connectivity index (χ0n) is 14.4. The second-order valence-electron chi connectivity index (χ2n) is 7.52. The average Bonchev–Trinajstić information content (AvgIpc) is 2.79. The Labute approximate surface area is 134 Å². The Morgan fingerprint density at radius 1 is 1.41 bits per heavy atom. The molecule has 2 atom stereocenters. The van der Waals surface area contributed by atoms with Gasteiger partial charge in [-0.1, -0.05) is 25.2 Å². The SMILES string of the molecule is C[C@@H]1CC(CNCC2=CCCC=C2)N(C(=O)OC(C)(C)C)C1. The number of rotatable bonds is 4. The summed E-state index contributed by atoms with van der Waals surface area (Å²) in [5.74, 6) is 0.535. The third-order valence-electron chi connectivity index (χ3n) is 4.03. The van der Waals surface area contributed by atoms with Crippen molar-refractivity contribution in [3.63, 3.8) is 0 Å². The van der Waals surface area contributed by atoms with E-state index >= 15 is 0 Å². The minimum Gasteiger partial charge on any atom is -0.444 e. The van der Waals surface area contributed by atoms with Gasteiger partial charge < -0.3 is 15.0 Å². The van der Waals surface area contributed by atoms with Gasteiger partial charge >= 0.3 is 6.09 Å². The molecule has 0 aromatic rings. The summed E-state index contributed by atoms with van der Waals surface area (Å²) in [5.41, 5.74) is 0.916. The van der Waals surface area contributed by atoms with Gasteiger partial charge in [-0.25, -0.2) is 4.79 Å². The Morgan fingerprint density at radius 3 is 2.82 bits per heavy atom. The van der Waals surface area contributed by atoms with Crippen LogP contribution in [0.25, 0.3) is 0 Å². The molecule has 1 N–H and O–H groups in total. The van der Waals surface area contributed by atoms with Crippen LogP contribution in [-0.4, -0.2) is 42.3 Å². The quantitative estimate of drug-likeness (QED) is 0.864. The molecular weight excluding hydrogens is 276 g/mol. The molecule has 0 aromatic heterocycles. The lowest BCUT2D eigenvalue weighted by Crippen LogP contribution is -2.44. The molecule has 1 saturated heterocycles. The van der Waals surface area contributed by atoms with Crippen molar-refractivity contribution in [2.24, 2.45) is 5.92 Å². The summed E-state index contributed by atoms with van der Waals surface area (Å²) in [6.07, 6.45) is 9.85. The monoisotopic (exact) mass is 306 g/mol. The molecule has 124 valence electrons. The second-order valence-corrected chi connectivity index (χ2v) is 7.52. The topological polar surface area (TPSA) is 41.6 Å². The highest BCUT2D eigenvalue weighted by atomic mass is 16.6. The van der Waals surface area contributed by atoms with Gasteiger partial charge in [0.15, 0.2) is 0 Å². The number of hydrogen-bond acceptors (Lipinski definition) is 3. The van der Waals surface area contributed by atoms with Gasteiger partial charge in [0, 0.05) is 25.7 Å². The van der Waals surface area contributed by atoms with Crippen LogP contribution in [0, 0.1) is 5.92 Å². The fraction of sp³-hybridized carbons (Fsp3) is 0.722. The van der Waals surface area contributed by atoms with E-state index in [-0.39, 0.29) is 12.1 Å². The average molecular weight is 306 g/mol. The lowest BCUT2D eigenvalue weighted by atomic mass is 10.1. The van der Waals surface area contributed by atoms with Crippen LogP contribution < -0.4 is 5.32 Å². The Bertz CT molecular complexity index is 448. The van der Waals surface area contributed by atoms with Crippen molar-refractivity contribution in [3.05, 3.63) is 23.8 Å². The molecule has 4 heteroatoms. The van der Waals surface area contributed by atoms with Crippen LogP contribution >= 0.6 is 0 Å². The summed E-state index contributed by atoms with van der Waals surface area (Å²) in [4.78, 5) is 14.2. The van der Waals surface area contributed by atoms with E-state index in [1.807, 2.05) is 25.7 Å². The molecule has 0 radical (unpaired) electrons. The fourth-order valence-electron chi connectivity index (χ4n) is 3.07. The van der Waals surface area contributed by atoms with Crippen molar-refractivity contribution in [2.75, 3.05) is 19.6 Å². The Balaban J connectivity index is 1.83. The van der Waals surface area contributed by atoms with Crippen molar-refractivity contribution < 1.29 is 9.53 Å². The van der Waals surface area contributed by atoms with Crippen LogP contribution in [0.5, 0.6) is 0 Å². The molecule has 0 bridgehead atoms. The molecule has 1 amide bonds. The first-order chi connectivity index (χ1) is 10.3. The zero-order valence-corrected chi connectivity index (χ0v) is 14.4. The van der Waals surface area contributed by atoms with Crippen molar-refractivity contribution in [1.82, 2.24) is 10.2 Å². The number of ether oxygens (including phenoxy) is 1. The highest BCUT2D eigenvalue weighted by molar-refractivity contribution is 5.69. The lowest BCUT2D eigenvalue weighted by Gasteiger charge is -2.28. The maximum atomic E-state index is 12.3. The largest absolute Gasteiger partial charge is 0.444 e. The van der Waals surface area contributed by atoms with Crippen LogP contribution in [0.15, 0.2) is 23.8 Å². The molecule has 1 fully saturated rings. The first-order valence-corrected chi connectivity index (χ1v) is 8.41. The number of likely N-dealkylation sites (tertiary alicyclic amines) is 1. The van der Waals surface area contributed by atoms with E-state index in [1.165, 1.54) is 5.57 Å². The van der Waals surface area contributed by atoms with E-state index in [0.29, 0.717) is 5.92 Å². The van der Waals surface area contributed by atoms with E-state index < -0.39 is 5.60 Å². The predicted octanol–water partition coefficient (Wildman–Crippen LogP) is 3.50. The summed E-state index contributed by atoms with van der Waals surface area (Å²) in [7, 11) is 0. The molecule has 2 rings (SSSR count). The van der Waals surface area contributed by atoms with Crippen LogP contribution in [0.3, 0.4) is 0 Å². The molecule has 1 aliphatic heterocycles. The van der Waals surface area contributed by atoms with Gasteiger partial charge in [-0.2, -0.15) is 0 Å². The molecule has 22 heavy (non-hydrogen) atoms. The zero-order chi connectivity index (χ0) is 16.2. The van der Waals surface area contributed by atoms with Gasteiger partial charge in [-0.15, -0.1) is 0 Å². The van der Waals surface area contributed by atoms with Crippen LogP contribution in [0.2, 0.25) is 0 Å². The van der Waals surface area contributed by atoms with E-state index in [0.717, 1.165) is 38.9 Å². The maximum absolute atomic E-state index is 12.3. The Hall–Kier alpha value is -1.29. The van der Waals surface area contributed by atoms with E-state index in [4.69, 9.17) is 4.74 Å². The highest BCUT2D eigenvalue weighted by Gasteiger charge is 2.35. The van der Waals surface area contributed by atoms with Crippen LogP contribution in [0.1, 0.15) is 47.0 Å². The second kappa shape index (κ2) is 7.32. The molecule has 1 heterocycles. The van der Waals surface area contributed by atoms with Crippen molar-refractivity contribution >= 4 is 6.09 Å². The Kier molecular flexibility index (Phi) is 5.68. The number of nitrogens with one attached hydrogen (secondary N) is 1. The molecule has 2 aliphatic rings. The number of hydrogen-bond donors (Lipinski definition) is 1. The number of carbonyl (C=O) groups is 1. The molecule has 0 saturated carbocycles. The minimum absolute atomic E-state index is 0.180. The molecule has 1 unspecified atom stereocenters. The third kappa shape index (κ3) is 5.16. The van der Waals surface area contributed by atoms with Crippen LogP contribution in [0.4, 0.5) is 4.79 Å². The molecule has 0 aromatic carbocycles. The number of nitrogens with zero attached hydrogens (tertiary/aromatic N) is 1. The number of allylic oxidation sites excluding steroid dienone is 2. The van der Waals surface area contributed by atoms with Gasteiger partial charge in [0.2, 0.25) is 0 Å². The summed E-state index contributed by atoms with van der Waals surface area (Å²) >= 11 is 0. The van der Waals surface area contributed by atoms with Gasteiger partial charge in [0.05, 0.1) is 0 Å². The van der Waals surface area contributed by atoms with Gasteiger partial charge in [0.1, 0.15) is 5.60 Å². The van der Waals surface area contributed by atoms with Gasteiger partial charge in [-0.05, 0) is 51.5 Å². The standard InChI is InChI=1S/C18H30N2O2/c1-14-10-16(12-19-11-15-8-6-5-7-9-15)20(13-14)17(21)22-18(2,3)4/h6,8-9,14,16,19H,5,7,10-13H2,1-4H3/t14-,16?/m1/s1. The summed E-state index contributed by atoms with van der Waals surface area (Å²) in [5, 5.41) is 3.50. The molecule has 4 nitrogen and oxygen atoms in total. The highest BCUT2D eigenvalue weighted by Crippen LogP contribution is 2.24. The third-order valence-corrected chi connectivity index (χ3v) is 4.03. The predicted molar refractivity (Wildman–Crippen MR) is 89.8 cm³/mol. The first kappa shape index (κ1) is 17.1. The number of amides is 1. The van der Waals surface area contributed by atoms with Crippen LogP contribution in [-0.2, 0) is 4.74 Å². The van der Waals surface area contributed by atoms with E-state index in [9.17, 15) is 4.79 Å². The normalized spacial score (nSPS) is 25.3. The molecule has 0 spiro atoms. The maximum Gasteiger partial charge on any atom is 0.410 e. The van der Waals surface area contributed by atoms with Gasteiger partial charge in [0.25, 0.3) is 0 Å². The van der Waals surface area contributed by atoms with E-state index in [1.54, 1.807) is 0 Å². The molecule has 1 aliphatic carbocycles.